The monoisotopic (exact) mass is 369 g/mol. The number of aryl methyl sites for hydroxylation is 2. The van der Waals surface area contributed by atoms with Crippen LogP contribution in [0.5, 0.6) is 0 Å². The molecule has 26 heavy (non-hydrogen) atoms. The van der Waals surface area contributed by atoms with E-state index in [9.17, 15) is 4.79 Å². The molecule has 0 aliphatic heterocycles. The molecule has 1 aromatic carbocycles. The van der Waals surface area contributed by atoms with Crippen molar-refractivity contribution < 1.29 is 4.79 Å². The van der Waals surface area contributed by atoms with E-state index in [-0.39, 0.29) is 5.91 Å². The zero-order valence-electron chi connectivity index (χ0n) is 14.9. The van der Waals surface area contributed by atoms with Gasteiger partial charge in [0, 0.05) is 29.9 Å². The lowest BCUT2D eigenvalue weighted by atomic mass is 10.2. The Kier molecular flexibility index (Phi) is 5.23. The molecule has 0 bridgehead atoms. The lowest BCUT2D eigenvalue weighted by Gasteiger charge is -2.06. The molecule has 0 spiro atoms. The van der Waals surface area contributed by atoms with Crippen LogP contribution in [0.15, 0.2) is 42.7 Å². The van der Waals surface area contributed by atoms with Crippen molar-refractivity contribution in [1.29, 1.82) is 0 Å². The van der Waals surface area contributed by atoms with Crippen LogP contribution in [0.4, 0.5) is 5.69 Å². The number of rotatable bonds is 5. The molecule has 2 aromatic heterocycles. The number of anilines is 1. The Morgan fingerprint density at radius 2 is 2.00 bits per heavy atom. The highest BCUT2D eigenvalue weighted by atomic mass is 35.5. The van der Waals surface area contributed by atoms with Crippen LogP contribution in [0.3, 0.4) is 0 Å². The lowest BCUT2D eigenvalue weighted by Crippen LogP contribution is -2.10. The second-order valence-electron chi connectivity index (χ2n) is 6.10. The number of aromatic nitrogens is 4. The number of halogens is 1. The van der Waals surface area contributed by atoms with E-state index < -0.39 is 0 Å². The predicted octanol–water partition coefficient (Wildman–Crippen LogP) is 3.59. The molecule has 0 atom stereocenters. The summed E-state index contributed by atoms with van der Waals surface area (Å²) in [6, 6.07) is 7.64. The van der Waals surface area contributed by atoms with Crippen molar-refractivity contribution >= 4 is 29.3 Å². The Morgan fingerprint density at radius 3 is 2.65 bits per heavy atom. The summed E-state index contributed by atoms with van der Waals surface area (Å²) in [5, 5.41) is 12.2. The maximum Gasteiger partial charge on any atom is 0.248 e. The van der Waals surface area contributed by atoms with E-state index in [4.69, 9.17) is 11.6 Å². The number of amides is 1. The minimum Gasteiger partial charge on any atom is -0.319 e. The summed E-state index contributed by atoms with van der Waals surface area (Å²) in [7, 11) is 1.83. The number of benzene rings is 1. The van der Waals surface area contributed by atoms with Gasteiger partial charge in [-0.25, -0.2) is 0 Å². The van der Waals surface area contributed by atoms with E-state index in [0.717, 1.165) is 28.2 Å². The average Bonchev–Trinajstić information content (AvgIpc) is 3.13. The second kappa shape index (κ2) is 7.58. The largest absolute Gasteiger partial charge is 0.319 e. The minimum absolute atomic E-state index is 0.203. The third kappa shape index (κ3) is 4.21. The Hall–Kier alpha value is -2.86. The number of nitrogens with one attached hydrogen (secondary N) is 1. The average molecular weight is 370 g/mol. The molecule has 134 valence electrons. The molecule has 0 aliphatic rings. The van der Waals surface area contributed by atoms with Crippen LogP contribution in [0.1, 0.15) is 22.5 Å². The van der Waals surface area contributed by atoms with Crippen LogP contribution in [0, 0.1) is 13.8 Å². The zero-order valence-corrected chi connectivity index (χ0v) is 15.7. The van der Waals surface area contributed by atoms with E-state index in [2.05, 4.69) is 15.5 Å². The van der Waals surface area contributed by atoms with Gasteiger partial charge in [-0.05, 0) is 37.6 Å². The maximum absolute atomic E-state index is 12.2. The van der Waals surface area contributed by atoms with Crippen LogP contribution in [0.2, 0.25) is 5.02 Å². The van der Waals surface area contributed by atoms with E-state index in [0.29, 0.717) is 11.6 Å². The molecule has 3 rings (SSSR count). The third-order valence-electron chi connectivity index (χ3n) is 4.03. The summed E-state index contributed by atoms with van der Waals surface area (Å²) in [5.74, 6) is -0.203. The molecule has 0 saturated carbocycles. The molecular formula is C19H20ClN5O. The highest BCUT2D eigenvalue weighted by Crippen LogP contribution is 2.21. The number of carbonyl (C=O) groups is 1. The standard InChI is InChI=1S/C19H20ClN5O/c1-13-19(22-18(26)9-6-16-10-21-24(3)11-16)14(2)25(23-13)12-15-4-7-17(20)8-5-15/h4-11H,12H2,1-3H3,(H,22,26)/b9-6+. The fraction of sp³-hybridized carbons (Fsp3) is 0.211. The Bertz CT molecular complexity index is 953. The molecule has 0 radical (unpaired) electrons. The van der Waals surface area contributed by atoms with E-state index in [1.165, 1.54) is 6.08 Å². The van der Waals surface area contributed by atoms with E-state index >= 15 is 0 Å². The van der Waals surface area contributed by atoms with Crippen LogP contribution in [-0.4, -0.2) is 25.5 Å². The molecule has 7 heteroatoms. The molecule has 0 fully saturated rings. The highest BCUT2D eigenvalue weighted by molar-refractivity contribution is 6.30. The third-order valence-corrected chi connectivity index (χ3v) is 4.28. The van der Waals surface area contributed by atoms with E-state index in [1.54, 1.807) is 17.0 Å². The van der Waals surface area contributed by atoms with Crippen molar-refractivity contribution in [2.75, 3.05) is 5.32 Å². The first kappa shape index (κ1) is 17.9. The van der Waals surface area contributed by atoms with Crippen LogP contribution >= 0.6 is 11.6 Å². The molecule has 6 nitrogen and oxygen atoms in total. The number of carbonyl (C=O) groups excluding carboxylic acids is 1. The topological polar surface area (TPSA) is 64.7 Å². The molecule has 3 aromatic rings. The Labute approximate surface area is 157 Å². The fourth-order valence-electron chi connectivity index (χ4n) is 2.66. The molecule has 0 saturated heterocycles. The zero-order chi connectivity index (χ0) is 18.7. The van der Waals surface area contributed by atoms with Gasteiger partial charge >= 0.3 is 0 Å². The SMILES string of the molecule is Cc1nn(Cc2ccc(Cl)cc2)c(C)c1NC(=O)/C=C/c1cnn(C)c1. The number of nitrogens with zero attached hydrogens (tertiary/aromatic N) is 4. The summed E-state index contributed by atoms with van der Waals surface area (Å²) in [5.41, 5.74) is 4.38. The first-order valence-electron chi connectivity index (χ1n) is 8.18. The van der Waals surface area contributed by atoms with Crippen molar-refractivity contribution in [1.82, 2.24) is 19.6 Å². The van der Waals surface area contributed by atoms with Crippen molar-refractivity contribution in [2.45, 2.75) is 20.4 Å². The maximum atomic E-state index is 12.2. The van der Waals surface area contributed by atoms with Gasteiger partial charge in [0.25, 0.3) is 0 Å². The van der Waals surface area contributed by atoms with Gasteiger partial charge in [0.05, 0.1) is 29.8 Å². The second-order valence-corrected chi connectivity index (χ2v) is 6.54. The van der Waals surface area contributed by atoms with Gasteiger partial charge in [0.1, 0.15) is 0 Å². The quantitative estimate of drug-likeness (QED) is 0.699. The Balaban J connectivity index is 1.72. The van der Waals surface area contributed by atoms with Gasteiger partial charge in [-0.3, -0.25) is 14.2 Å². The van der Waals surface area contributed by atoms with Crippen LogP contribution < -0.4 is 5.32 Å². The molecular weight excluding hydrogens is 350 g/mol. The van der Waals surface area contributed by atoms with Gasteiger partial charge in [0.2, 0.25) is 5.91 Å². The summed E-state index contributed by atoms with van der Waals surface area (Å²) >= 11 is 5.93. The van der Waals surface area contributed by atoms with Crippen LogP contribution in [-0.2, 0) is 18.4 Å². The van der Waals surface area contributed by atoms with Gasteiger partial charge < -0.3 is 5.32 Å². The summed E-state index contributed by atoms with van der Waals surface area (Å²) in [6.45, 7) is 4.44. The number of hydrogen-bond donors (Lipinski definition) is 1. The molecule has 1 amide bonds. The van der Waals surface area contributed by atoms with E-state index in [1.807, 2.05) is 56.0 Å². The molecule has 1 N–H and O–H groups in total. The fourth-order valence-corrected chi connectivity index (χ4v) is 2.78. The van der Waals surface area contributed by atoms with Crippen molar-refractivity contribution in [3.05, 3.63) is 70.3 Å². The molecule has 2 heterocycles. The van der Waals surface area contributed by atoms with Gasteiger partial charge in [-0.15, -0.1) is 0 Å². The molecule has 0 aliphatic carbocycles. The first-order valence-corrected chi connectivity index (χ1v) is 8.56. The normalized spacial score (nSPS) is 11.2. The summed E-state index contributed by atoms with van der Waals surface area (Å²) in [6.07, 6.45) is 6.76. The van der Waals surface area contributed by atoms with Gasteiger partial charge in [-0.1, -0.05) is 23.7 Å². The van der Waals surface area contributed by atoms with Crippen LogP contribution in [0.25, 0.3) is 6.08 Å². The van der Waals surface area contributed by atoms with Crippen molar-refractivity contribution in [3.8, 4) is 0 Å². The predicted molar refractivity (Wildman–Crippen MR) is 103 cm³/mol. The summed E-state index contributed by atoms with van der Waals surface area (Å²) in [4.78, 5) is 12.2. The smallest absolute Gasteiger partial charge is 0.248 e. The highest BCUT2D eigenvalue weighted by Gasteiger charge is 2.13. The van der Waals surface area contributed by atoms with Crippen molar-refractivity contribution in [2.24, 2.45) is 7.05 Å². The van der Waals surface area contributed by atoms with Gasteiger partial charge in [-0.2, -0.15) is 10.2 Å². The van der Waals surface area contributed by atoms with Gasteiger partial charge in [0.15, 0.2) is 0 Å². The first-order chi connectivity index (χ1) is 12.4. The lowest BCUT2D eigenvalue weighted by molar-refractivity contribution is -0.111. The Morgan fingerprint density at radius 1 is 1.27 bits per heavy atom. The summed E-state index contributed by atoms with van der Waals surface area (Å²) < 4.78 is 3.56. The van der Waals surface area contributed by atoms with Crippen molar-refractivity contribution in [3.63, 3.8) is 0 Å². The molecule has 0 unspecified atom stereocenters. The minimum atomic E-state index is -0.203. The number of hydrogen-bond acceptors (Lipinski definition) is 3.